The van der Waals surface area contributed by atoms with E-state index in [1.807, 2.05) is 11.6 Å². The van der Waals surface area contributed by atoms with Crippen LogP contribution in [-0.2, 0) is 11.8 Å². The predicted octanol–water partition coefficient (Wildman–Crippen LogP) is 2.67. The lowest BCUT2D eigenvalue weighted by atomic mass is 10.1. The normalized spacial score (nSPS) is 12.1. The van der Waals surface area contributed by atoms with E-state index in [1.165, 1.54) is 12.1 Å². The van der Waals surface area contributed by atoms with Gasteiger partial charge >= 0.3 is 0 Å². The summed E-state index contributed by atoms with van der Waals surface area (Å²) in [6.45, 7) is 0.688. The van der Waals surface area contributed by atoms with E-state index in [9.17, 15) is 9.18 Å². The van der Waals surface area contributed by atoms with Crippen molar-refractivity contribution in [2.45, 2.75) is 38.1 Å². The Hall–Kier alpha value is -2.21. The van der Waals surface area contributed by atoms with Crippen LogP contribution in [-0.4, -0.2) is 22.0 Å². The molecule has 0 aliphatic heterocycles. The maximum absolute atomic E-state index is 13.6. The van der Waals surface area contributed by atoms with Gasteiger partial charge in [-0.1, -0.05) is 25.0 Å². The highest BCUT2D eigenvalue weighted by molar-refractivity contribution is 5.76. The number of rotatable bonds is 9. The van der Waals surface area contributed by atoms with Crippen molar-refractivity contribution in [1.82, 2.24) is 14.9 Å². The van der Waals surface area contributed by atoms with Crippen LogP contribution < -0.4 is 11.1 Å². The van der Waals surface area contributed by atoms with Crippen molar-refractivity contribution in [1.29, 1.82) is 0 Å². The van der Waals surface area contributed by atoms with Gasteiger partial charge in [0.25, 0.3) is 0 Å². The van der Waals surface area contributed by atoms with Crippen molar-refractivity contribution in [2.24, 2.45) is 12.8 Å². The number of amides is 1. The lowest BCUT2D eigenvalue weighted by molar-refractivity contribution is -0.121. The molecule has 6 heteroatoms. The molecule has 0 saturated heterocycles. The summed E-state index contributed by atoms with van der Waals surface area (Å²) < 4.78 is 15.4. The minimum Gasteiger partial charge on any atom is -0.342 e. The molecule has 0 spiro atoms. The molecule has 2 aromatic rings. The van der Waals surface area contributed by atoms with E-state index in [2.05, 4.69) is 10.3 Å². The summed E-state index contributed by atoms with van der Waals surface area (Å²) in [6, 6.07) is 5.79. The van der Waals surface area contributed by atoms with Crippen LogP contribution in [0, 0.1) is 5.82 Å². The van der Waals surface area contributed by atoms with E-state index in [0.717, 1.165) is 25.7 Å². The van der Waals surface area contributed by atoms with Gasteiger partial charge in [-0.15, -0.1) is 0 Å². The molecular formula is C18H25FN4O. The predicted molar refractivity (Wildman–Crippen MR) is 91.7 cm³/mol. The van der Waals surface area contributed by atoms with Gasteiger partial charge in [0.15, 0.2) is 0 Å². The highest BCUT2D eigenvalue weighted by atomic mass is 19.1. The number of nitrogens with two attached hydrogens (primary N) is 1. The van der Waals surface area contributed by atoms with E-state index in [1.54, 1.807) is 24.5 Å². The Balaban J connectivity index is 2.04. The van der Waals surface area contributed by atoms with E-state index >= 15 is 0 Å². The maximum Gasteiger partial charge on any atom is 0.220 e. The van der Waals surface area contributed by atoms with Crippen molar-refractivity contribution in [3.63, 3.8) is 0 Å². The first-order chi connectivity index (χ1) is 11.6. The summed E-state index contributed by atoms with van der Waals surface area (Å²) in [7, 11) is 1.85. The molecule has 1 atom stereocenters. The number of hydrogen-bond acceptors (Lipinski definition) is 3. The van der Waals surface area contributed by atoms with Gasteiger partial charge in [-0.3, -0.25) is 4.79 Å². The van der Waals surface area contributed by atoms with Crippen molar-refractivity contribution in [2.75, 3.05) is 6.54 Å². The first-order valence-electron chi connectivity index (χ1n) is 8.34. The van der Waals surface area contributed by atoms with Crippen molar-refractivity contribution in [3.8, 4) is 0 Å². The molecule has 1 amide bonds. The highest BCUT2D eigenvalue weighted by Crippen LogP contribution is 2.21. The van der Waals surface area contributed by atoms with E-state index < -0.39 is 6.04 Å². The molecule has 0 bridgehead atoms. The molecule has 130 valence electrons. The fraction of sp³-hybridized carbons (Fsp3) is 0.444. The second kappa shape index (κ2) is 9.17. The summed E-state index contributed by atoms with van der Waals surface area (Å²) in [5, 5.41) is 2.98. The van der Waals surface area contributed by atoms with E-state index in [4.69, 9.17) is 5.73 Å². The van der Waals surface area contributed by atoms with Crippen molar-refractivity contribution in [3.05, 3.63) is 53.9 Å². The maximum atomic E-state index is 13.6. The number of halogens is 1. The van der Waals surface area contributed by atoms with Crippen LogP contribution in [0.15, 0.2) is 36.7 Å². The molecule has 2 rings (SSSR count). The number of carbonyl (C=O) groups excluding carboxylic acids is 1. The zero-order valence-electron chi connectivity index (χ0n) is 14.0. The van der Waals surface area contributed by atoms with Crippen LogP contribution in [0.3, 0.4) is 0 Å². The molecule has 24 heavy (non-hydrogen) atoms. The largest absolute Gasteiger partial charge is 0.342 e. The lowest BCUT2D eigenvalue weighted by Crippen LogP contribution is -2.31. The molecule has 1 unspecified atom stereocenters. The van der Waals surface area contributed by atoms with Gasteiger partial charge in [0.2, 0.25) is 5.91 Å². The zero-order chi connectivity index (χ0) is 17.4. The summed E-state index contributed by atoms with van der Waals surface area (Å²) in [4.78, 5) is 16.6. The average Bonchev–Trinajstić information content (AvgIpc) is 2.98. The van der Waals surface area contributed by atoms with Crippen LogP contribution in [0.1, 0.15) is 49.5 Å². The second-order valence-electron chi connectivity index (χ2n) is 5.90. The molecule has 1 aromatic carbocycles. The fourth-order valence-electron chi connectivity index (χ4n) is 2.66. The van der Waals surface area contributed by atoms with Gasteiger partial charge in [-0.05, 0) is 37.1 Å². The summed E-state index contributed by atoms with van der Waals surface area (Å²) >= 11 is 0. The van der Waals surface area contributed by atoms with Crippen LogP contribution >= 0.6 is 0 Å². The molecule has 0 saturated carbocycles. The van der Waals surface area contributed by atoms with Crippen LogP contribution in [0.25, 0.3) is 0 Å². The zero-order valence-corrected chi connectivity index (χ0v) is 14.0. The molecule has 5 nitrogen and oxygen atoms in total. The Morgan fingerprint density at radius 3 is 2.79 bits per heavy atom. The van der Waals surface area contributed by atoms with E-state index in [0.29, 0.717) is 24.4 Å². The Kier molecular flexibility index (Phi) is 6.93. The topological polar surface area (TPSA) is 72.9 Å². The number of unbranched alkanes of at least 4 members (excludes halogenated alkanes) is 3. The second-order valence-corrected chi connectivity index (χ2v) is 5.90. The summed E-state index contributed by atoms with van der Waals surface area (Å²) in [5.41, 5.74) is 6.14. The number of nitrogens with one attached hydrogen (secondary N) is 1. The third-order valence-electron chi connectivity index (χ3n) is 3.96. The number of nitrogens with zero attached hydrogens (tertiary/aromatic N) is 2. The van der Waals surface area contributed by atoms with E-state index in [-0.39, 0.29) is 11.7 Å². The van der Waals surface area contributed by atoms with Gasteiger partial charge in [0, 0.05) is 25.9 Å². The fourth-order valence-corrected chi connectivity index (χ4v) is 2.66. The van der Waals surface area contributed by atoms with Gasteiger partial charge < -0.3 is 15.6 Å². The van der Waals surface area contributed by atoms with Crippen LogP contribution in [0.2, 0.25) is 0 Å². The van der Waals surface area contributed by atoms with Gasteiger partial charge in [-0.25, -0.2) is 9.37 Å². The number of hydrogen-bond donors (Lipinski definition) is 2. The number of carbonyl (C=O) groups is 1. The number of imidazole rings is 1. The third kappa shape index (κ3) is 5.16. The summed E-state index contributed by atoms with van der Waals surface area (Å²) in [5.74, 6) is 0.292. The quantitative estimate of drug-likeness (QED) is 0.693. The Labute approximate surface area is 142 Å². The molecule has 1 heterocycles. The summed E-state index contributed by atoms with van der Waals surface area (Å²) in [6.07, 6.45) is 7.75. The van der Waals surface area contributed by atoms with Crippen LogP contribution in [0.4, 0.5) is 4.39 Å². The van der Waals surface area contributed by atoms with Crippen LogP contribution in [0.5, 0.6) is 0 Å². The van der Waals surface area contributed by atoms with Gasteiger partial charge in [0.05, 0.1) is 0 Å². The number of aryl methyl sites for hydroxylation is 1. The smallest absolute Gasteiger partial charge is 0.220 e. The number of benzene rings is 1. The molecule has 0 aliphatic carbocycles. The van der Waals surface area contributed by atoms with Crippen molar-refractivity contribution >= 4 is 5.91 Å². The first-order valence-corrected chi connectivity index (χ1v) is 8.34. The average molecular weight is 332 g/mol. The van der Waals surface area contributed by atoms with Gasteiger partial charge in [-0.2, -0.15) is 0 Å². The monoisotopic (exact) mass is 332 g/mol. The standard InChI is InChI=1S/C18H25FN4O/c1-23-12-11-21-18(23)17(14-7-6-8-15(19)13-14)22-16(24)9-4-2-3-5-10-20/h6-8,11-13,17H,2-5,9-10,20H2,1H3,(H,22,24). The lowest BCUT2D eigenvalue weighted by Gasteiger charge is -2.19. The Morgan fingerprint density at radius 2 is 2.12 bits per heavy atom. The minimum atomic E-state index is -0.461. The highest BCUT2D eigenvalue weighted by Gasteiger charge is 2.20. The molecular weight excluding hydrogens is 307 g/mol. The van der Waals surface area contributed by atoms with Gasteiger partial charge in [0.1, 0.15) is 17.7 Å². The number of aromatic nitrogens is 2. The molecule has 0 aliphatic rings. The van der Waals surface area contributed by atoms with Crippen molar-refractivity contribution < 1.29 is 9.18 Å². The molecule has 3 N–H and O–H groups in total. The third-order valence-corrected chi connectivity index (χ3v) is 3.96. The molecule has 0 radical (unpaired) electrons. The first kappa shape index (κ1) is 18.1. The Morgan fingerprint density at radius 1 is 1.33 bits per heavy atom. The SMILES string of the molecule is Cn1ccnc1C(NC(=O)CCCCCCN)c1cccc(F)c1. The molecule has 0 fully saturated rings. The Bertz CT molecular complexity index is 656. The minimum absolute atomic E-state index is 0.0555. The molecule has 1 aromatic heterocycles.